The van der Waals surface area contributed by atoms with Gasteiger partial charge in [-0.3, -0.25) is 4.79 Å². The number of halogens is 1. The van der Waals surface area contributed by atoms with Gasteiger partial charge in [0.25, 0.3) is 0 Å². The van der Waals surface area contributed by atoms with Crippen molar-refractivity contribution in [2.45, 2.75) is 45.1 Å². The molecule has 1 aromatic rings. The molecule has 0 saturated heterocycles. The maximum atomic E-state index is 11.7. The molecule has 100 valence electrons. The Morgan fingerprint density at radius 1 is 1.28 bits per heavy atom. The Kier molecular flexibility index (Phi) is 7.74. The third-order valence-corrected chi connectivity index (χ3v) is 3.67. The maximum absolute atomic E-state index is 11.7. The summed E-state index contributed by atoms with van der Waals surface area (Å²) in [5.74, 6) is 0.170. The summed E-state index contributed by atoms with van der Waals surface area (Å²) in [4.78, 5) is 11.7. The number of alkyl halides is 1. The zero-order chi connectivity index (χ0) is 13.2. The first-order valence-electron chi connectivity index (χ1n) is 6.65. The summed E-state index contributed by atoms with van der Waals surface area (Å²) in [5, 5.41) is 3.88. The smallest absolute Gasteiger partial charge is 0.220 e. The van der Waals surface area contributed by atoms with Gasteiger partial charge >= 0.3 is 0 Å². The molecule has 1 atom stereocenters. The van der Waals surface area contributed by atoms with E-state index in [1.165, 1.54) is 5.56 Å². The van der Waals surface area contributed by atoms with Gasteiger partial charge in [-0.1, -0.05) is 66.0 Å². The van der Waals surface area contributed by atoms with Gasteiger partial charge < -0.3 is 5.32 Å². The largest absolute Gasteiger partial charge is 0.352 e. The molecular formula is C15H22BrNO. The summed E-state index contributed by atoms with van der Waals surface area (Å²) in [6.07, 6.45) is 4.80. The first-order valence-corrected chi connectivity index (χ1v) is 7.77. The topological polar surface area (TPSA) is 29.1 Å². The summed E-state index contributed by atoms with van der Waals surface area (Å²) in [5.41, 5.74) is 1.26. The number of rotatable bonds is 8. The van der Waals surface area contributed by atoms with E-state index in [-0.39, 0.29) is 11.9 Å². The second-order valence-corrected chi connectivity index (χ2v) is 5.21. The number of unbranched alkanes of at least 4 members (excludes halogenated alkanes) is 2. The van der Waals surface area contributed by atoms with E-state index in [2.05, 4.69) is 40.3 Å². The predicted molar refractivity (Wildman–Crippen MR) is 80.0 cm³/mol. The molecular weight excluding hydrogens is 290 g/mol. The van der Waals surface area contributed by atoms with Crippen LogP contribution in [0.5, 0.6) is 0 Å². The Morgan fingerprint density at radius 3 is 2.61 bits per heavy atom. The van der Waals surface area contributed by atoms with Crippen molar-refractivity contribution in [1.29, 1.82) is 0 Å². The summed E-state index contributed by atoms with van der Waals surface area (Å²) < 4.78 is 0. The van der Waals surface area contributed by atoms with Crippen molar-refractivity contribution in [1.82, 2.24) is 5.32 Å². The Morgan fingerprint density at radius 2 is 2.00 bits per heavy atom. The van der Waals surface area contributed by atoms with Crippen LogP contribution in [0.4, 0.5) is 0 Å². The zero-order valence-electron chi connectivity index (χ0n) is 11.0. The second-order valence-electron chi connectivity index (χ2n) is 4.57. The highest BCUT2D eigenvalue weighted by Gasteiger charge is 2.11. The van der Waals surface area contributed by atoms with E-state index >= 15 is 0 Å². The van der Waals surface area contributed by atoms with E-state index in [4.69, 9.17) is 0 Å². The minimum Gasteiger partial charge on any atom is -0.352 e. The monoisotopic (exact) mass is 311 g/mol. The van der Waals surface area contributed by atoms with Gasteiger partial charge in [-0.15, -0.1) is 0 Å². The normalized spacial score (nSPS) is 12.1. The highest BCUT2D eigenvalue weighted by molar-refractivity contribution is 9.09. The lowest BCUT2D eigenvalue weighted by molar-refractivity contribution is -0.121. The number of nitrogens with one attached hydrogen (secondary N) is 1. The SMILES string of the molecule is CCCCCC(=O)NC(CBr)Cc1ccccc1. The highest BCUT2D eigenvalue weighted by atomic mass is 79.9. The van der Waals surface area contributed by atoms with Crippen molar-refractivity contribution in [3.8, 4) is 0 Å². The average Bonchev–Trinajstić information content (AvgIpc) is 2.39. The molecule has 0 heterocycles. The van der Waals surface area contributed by atoms with Gasteiger partial charge in [0.05, 0.1) is 0 Å². The molecule has 0 radical (unpaired) electrons. The number of amides is 1. The average molecular weight is 312 g/mol. The van der Waals surface area contributed by atoms with Gasteiger partial charge in [-0.05, 0) is 18.4 Å². The molecule has 18 heavy (non-hydrogen) atoms. The van der Waals surface area contributed by atoms with Crippen LogP contribution in [-0.4, -0.2) is 17.3 Å². The molecule has 1 amide bonds. The Hall–Kier alpha value is -0.830. The zero-order valence-corrected chi connectivity index (χ0v) is 12.6. The molecule has 1 aromatic carbocycles. The summed E-state index contributed by atoms with van der Waals surface area (Å²) >= 11 is 3.47. The van der Waals surface area contributed by atoms with E-state index in [1.807, 2.05) is 18.2 Å². The molecule has 0 aliphatic heterocycles. The summed E-state index contributed by atoms with van der Waals surface area (Å²) in [6.45, 7) is 2.15. The first kappa shape index (κ1) is 15.2. The molecule has 0 bridgehead atoms. The molecule has 3 heteroatoms. The quantitative estimate of drug-likeness (QED) is 0.576. The molecule has 0 saturated carbocycles. The van der Waals surface area contributed by atoms with Gasteiger partial charge in [-0.2, -0.15) is 0 Å². The number of hydrogen-bond acceptors (Lipinski definition) is 1. The number of hydrogen-bond donors (Lipinski definition) is 1. The molecule has 2 nitrogen and oxygen atoms in total. The maximum Gasteiger partial charge on any atom is 0.220 e. The van der Waals surface area contributed by atoms with Crippen molar-refractivity contribution in [3.63, 3.8) is 0 Å². The van der Waals surface area contributed by atoms with E-state index in [9.17, 15) is 4.79 Å². The van der Waals surface area contributed by atoms with Crippen molar-refractivity contribution in [2.75, 3.05) is 5.33 Å². The second kappa shape index (κ2) is 9.15. The summed E-state index contributed by atoms with van der Waals surface area (Å²) in [6, 6.07) is 10.4. The van der Waals surface area contributed by atoms with E-state index in [0.29, 0.717) is 6.42 Å². The van der Waals surface area contributed by atoms with Crippen LogP contribution in [0.1, 0.15) is 38.2 Å². The van der Waals surface area contributed by atoms with Crippen LogP contribution in [-0.2, 0) is 11.2 Å². The van der Waals surface area contributed by atoms with Crippen LogP contribution in [0.2, 0.25) is 0 Å². The number of carbonyl (C=O) groups excluding carboxylic acids is 1. The molecule has 1 N–H and O–H groups in total. The lowest BCUT2D eigenvalue weighted by atomic mass is 10.1. The van der Waals surface area contributed by atoms with Crippen molar-refractivity contribution in [2.24, 2.45) is 0 Å². The standard InChI is InChI=1S/C15H22BrNO/c1-2-3-5-10-15(18)17-14(12-16)11-13-8-6-4-7-9-13/h4,6-9,14H,2-3,5,10-12H2,1H3,(H,17,18). The molecule has 1 rings (SSSR count). The van der Waals surface area contributed by atoms with Gasteiger partial charge in [0.15, 0.2) is 0 Å². The fraction of sp³-hybridized carbons (Fsp3) is 0.533. The fourth-order valence-corrected chi connectivity index (χ4v) is 2.27. The third kappa shape index (κ3) is 6.20. The number of carbonyl (C=O) groups is 1. The van der Waals surface area contributed by atoms with Gasteiger partial charge in [-0.25, -0.2) is 0 Å². The van der Waals surface area contributed by atoms with Crippen LogP contribution in [0, 0.1) is 0 Å². The minimum absolute atomic E-state index is 0.170. The Balaban J connectivity index is 2.35. The van der Waals surface area contributed by atoms with Gasteiger partial charge in [0, 0.05) is 17.8 Å². The number of benzene rings is 1. The van der Waals surface area contributed by atoms with Crippen LogP contribution >= 0.6 is 15.9 Å². The molecule has 0 aliphatic rings. The molecule has 0 fully saturated rings. The van der Waals surface area contributed by atoms with Gasteiger partial charge in [0.2, 0.25) is 5.91 Å². The molecule has 0 spiro atoms. The van der Waals surface area contributed by atoms with Crippen molar-refractivity contribution in [3.05, 3.63) is 35.9 Å². The Labute approximate surface area is 118 Å². The Bertz CT molecular complexity index is 340. The van der Waals surface area contributed by atoms with E-state index < -0.39 is 0 Å². The molecule has 0 aromatic heterocycles. The predicted octanol–water partition coefficient (Wildman–Crippen LogP) is 3.69. The first-order chi connectivity index (χ1) is 8.76. The van der Waals surface area contributed by atoms with Gasteiger partial charge in [0.1, 0.15) is 0 Å². The lowest BCUT2D eigenvalue weighted by Crippen LogP contribution is -2.37. The van der Waals surface area contributed by atoms with Crippen LogP contribution in [0.25, 0.3) is 0 Å². The third-order valence-electron chi connectivity index (χ3n) is 2.88. The van der Waals surface area contributed by atoms with Crippen LogP contribution in [0.15, 0.2) is 30.3 Å². The van der Waals surface area contributed by atoms with E-state index in [1.54, 1.807) is 0 Å². The van der Waals surface area contributed by atoms with E-state index in [0.717, 1.165) is 31.0 Å². The molecule has 1 unspecified atom stereocenters. The van der Waals surface area contributed by atoms with Crippen molar-refractivity contribution >= 4 is 21.8 Å². The minimum atomic E-state index is 0.170. The lowest BCUT2D eigenvalue weighted by Gasteiger charge is -2.16. The van der Waals surface area contributed by atoms with Crippen molar-refractivity contribution < 1.29 is 4.79 Å². The van der Waals surface area contributed by atoms with Crippen LogP contribution in [0.3, 0.4) is 0 Å². The summed E-state index contributed by atoms with van der Waals surface area (Å²) in [7, 11) is 0. The highest BCUT2D eigenvalue weighted by Crippen LogP contribution is 2.06. The fourth-order valence-electron chi connectivity index (χ4n) is 1.88. The molecule has 0 aliphatic carbocycles. The van der Waals surface area contributed by atoms with Crippen LogP contribution < -0.4 is 5.32 Å².